The summed E-state index contributed by atoms with van der Waals surface area (Å²) in [6.45, 7) is 0. The zero-order valence-electron chi connectivity index (χ0n) is 13.3. The summed E-state index contributed by atoms with van der Waals surface area (Å²) in [7, 11) is 1.63. The average molecular weight is 350 g/mol. The maximum absolute atomic E-state index is 9.61. The number of hydrogen-bond donors (Lipinski definition) is 2. The zero-order chi connectivity index (χ0) is 17.4. The topological polar surface area (TPSA) is 97.0 Å². The van der Waals surface area contributed by atoms with E-state index in [-0.39, 0.29) is 11.8 Å². The molecule has 1 aliphatic heterocycles. The SMILES string of the molecule is COc1ccc(-c2[nH]nc3c2[C@@H](c2cccs2)C(C#N)=C(N)O3)cc1. The Morgan fingerprint density at radius 2 is 2.12 bits per heavy atom. The number of methoxy groups -OCH3 is 1. The van der Waals surface area contributed by atoms with E-state index in [4.69, 9.17) is 15.2 Å². The number of thiophene rings is 1. The standard InChI is InChI=1S/C18H14N4O2S/c1-23-11-6-4-10(5-7-11)16-15-14(13-3-2-8-25-13)12(9-19)17(20)24-18(15)22-21-16/h2-8,14H,20H2,1H3,(H,21,22)/t14-/m1/s1. The van der Waals surface area contributed by atoms with Crippen molar-refractivity contribution < 1.29 is 9.47 Å². The van der Waals surface area contributed by atoms with Crippen molar-refractivity contribution in [1.29, 1.82) is 5.26 Å². The van der Waals surface area contributed by atoms with E-state index in [9.17, 15) is 5.26 Å². The molecule has 0 saturated carbocycles. The van der Waals surface area contributed by atoms with Gasteiger partial charge in [0.05, 0.1) is 24.3 Å². The highest BCUT2D eigenvalue weighted by molar-refractivity contribution is 7.10. The van der Waals surface area contributed by atoms with E-state index < -0.39 is 0 Å². The molecule has 0 saturated heterocycles. The van der Waals surface area contributed by atoms with Crippen LogP contribution < -0.4 is 15.2 Å². The molecule has 1 atom stereocenters. The number of fused-ring (bicyclic) bond motifs is 1. The van der Waals surface area contributed by atoms with Gasteiger partial charge in [0, 0.05) is 10.4 Å². The van der Waals surface area contributed by atoms with E-state index in [0.717, 1.165) is 27.4 Å². The second kappa shape index (κ2) is 6.00. The molecule has 0 amide bonds. The van der Waals surface area contributed by atoms with Gasteiger partial charge in [-0.2, -0.15) is 5.26 Å². The molecule has 0 bridgehead atoms. The number of benzene rings is 1. The Morgan fingerprint density at radius 3 is 2.76 bits per heavy atom. The zero-order valence-corrected chi connectivity index (χ0v) is 14.1. The highest BCUT2D eigenvalue weighted by atomic mass is 32.1. The van der Waals surface area contributed by atoms with Crippen LogP contribution in [0.25, 0.3) is 11.3 Å². The molecule has 1 aliphatic rings. The number of aromatic nitrogens is 2. The number of nitrogens with one attached hydrogen (secondary N) is 1. The Morgan fingerprint density at radius 1 is 1.32 bits per heavy atom. The van der Waals surface area contributed by atoms with Crippen molar-refractivity contribution in [1.82, 2.24) is 10.2 Å². The van der Waals surface area contributed by atoms with E-state index in [0.29, 0.717) is 11.5 Å². The smallest absolute Gasteiger partial charge is 0.244 e. The van der Waals surface area contributed by atoms with Crippen LogP contribution in [0.5, 0.6) is 11.6 Å². The maximum atomic E-state index is 9.61. The first-order valence-corrected chi connectivity index (χ1v) is 8.44. The molecule has 1 aromatic carbocycles. The maximum Gasteiger partial charge on any atom is 0.244 e. The number of rotatable bonds is 3. The highest BCUT2D eigenvalue weighted by Gasteiger charge is 2.36. The molecule has 124 valence electrons. The molecule has 0 radical (unpaired) electrons. The van der Waals surface area contributed by atoms with Crippen LogP contribution in [0.15, 0.2) is 53.2 Å². The van der Waals surface area contributed by atoms with Gasteiger partial charge in [0.1, 0.15) is 17.4 Å². The number of aromatic amines is 1. The molecule has 0 spiro atoms. The van der Waals surface area contributed by atoms with Crippen molar-refractivity contribution in [3.8, 4) is 29.0 Å². The third-order valence-electron chi connectivity index (χ3n) is 4.15. The van der Waals surface area contributed by atoms with Crippen LogP contribution in [-0.4, -0.2) is 17.3 Å². The van der Waals surface area contributed by atoms with Gasteiger partial charge in [-0.05, 0) is 35.7 Å². The first-order valence-electron chi connectivity index (χ1n) is 7.56. The Labute approximate surface area is 148 Å². The number of nitrogens with two attached hydrogens (primary N) is 1. The van der Waals surface area contributed by atoms with Gasteiger partial charge in [0.25, 0.3) is 0 Å². The van der Waals surface area contributed by atoms with Crippen LogP contribution in [0.4, 0.5) is 0 Å². The monoisotopic (exact) mass is 350 g/mol. The van der Waals surface area contributed by atoms with Crippen LogP contribution in [-0.2, 0) is 0 Å². The number of H-pyrrole nitrogens is 1. The lowest BCUT2D eigenvalue weighted by atomic mass is 9.87. The van der Waals surface area contributed by atoms with E-state index in [1.807, 2.05) is 41.8 Å². The molecule has 3 N–H and O–H groups in total. The fourth-order valence-corrected chi connectivity index (χ4v) is 3.81. The van der Waals surface area contributed by atoms with Crippen LogP contribution in [0.3, 0.4) is 0 Å². The van der Waals surface area contributed by atoms with Gasteiger partial charge < -0.3 is 15.2 Å². The van der Waals surface area contributed by atoms with Crippen molar-refractivity contribution >= 4 is 11.3 Å². The molecule has 0 fully saturated rings. The Kier molecular flexibility index (Phi) is 3.67. The van der Waals surface area contributed by atoms with Gasteiger partial charge >= 0.3 is 0 Å². The second-order valence-electron chi connectivity index (χ2n) is 5.49. The van der Waals surface area contributed by atoms with Gasteiger partial charge in [0.2, 0.25) is 11.8 Å². The molecular weight excluding hydrogens is 336 g/mol. The van der Waals surface area contributed by atoms with E-state index in [2.05, 4.69) is 16.3 Å². The van der Waals surface area contributed by atoms with Crippen LogP contribution in [0.2, 0.25) is 0 Å². The molecule has 7 heteroatoms. The van der Waals surface area contributed by atoms with Crippen molar-refractivity contribution in [2.24, 2.45) is 5.73 Å². The van der Waals surface area contributed by atoms with Crippen molar-refractivity contribution in [3.05, 3.63) is 63.7 Å². The summed E-state index contributed by atoms with van der Waals surface area (Å²) in [6.07, 6.45) is 0. The normalized spacial score (nSPS) is 16.1. The predicted octanol–water partition coefficient (Wildman–Crippen LogP) is 3.36. The molecule has 0 unspecified atom stereocenters. The third-order valence-corrected chi connectivity index (χ3v) is 5.08. The molecule has 25 heavy (non-hydrogen) atoms. The number of allylic oxidation sites excluding steroid dienone is 1. The summed E-state index contributed by atoms with van der Waals surface area (Å²) >= 11 is 1.57. The van der Waals surface area contributed by atoms with Crippen molar-refractivity contribution in [3.63, 3.8) is 0 Å². The second-order valence-corrected chi connectivity index (χ2v) is 6.47. The van der Waals surface area contributed by atoms with Crippen molar-refractivity contribution in [2.75, 3.05) is 7.11 Å². The van der Waals surface area contributed by atoms with Crippen LogP contribution in [0.1, 0.15) is 16.4 Å². The third kappa shape index (κ3) is 2.44. The Balaban J connectivity index is 1.90. The van der Waals surface area contributed by atoms with Crippen LogP contribution in [0, 0.1) is 11.3 Å². The summed E-state index contributed by atoms with van der Waals surface area (Å²) in [5, 5.41) is 18.9. The first kappa shape index (κ1) is 15.3. The summed E-state index contributed by atoms with van der Waals surface area (Å²) in [5.41, 5.74) is 8.90. The summed E-state index contributed by atoms with van der Waals surface area (Å²) < 4.78 is 10.8. The fourth-order valence-electron chi connectivity index (χ4n) is 2.96. The number of nitrogens with zero attached hydrogens (tertiary/aromatic N) is 2. The fraction of sp³-hybridized carbons (Fsp3) is 0.111. The predicted molar refractivity (Wildman–Crippen MR) is 94.2 cm³/mol. The summed E-state index contributed by atoms with van der Waals surface area (Å²) in [6, 6.07) is 13.8. The number of ether oxygens (including phenoxy) is 2. The Hall–Kier alpha value is -3.24. The first-order chi connectivity index (χ1) is 12.2. The van der Waals surface area contributed by atoms with Gasteiger partial charge in [-0.25, -0.2) is 0 Å². The molecule has 3 aromatic rings. The largest absolute Gasteiger partial charge is 0.497 e. The van der Waals surface area contributed by atoms with Gasteiger partial charge in [-0.1, -0.05) is 6.07 Å². The number of nitriles is 1. The quantitative estimate of drug-likeness (QED) is 0.755. The molecule has 0 aliphatic carbocycles. The van der Waals surface area contributed by atoms with E-state index >= 15 is 0 Å². The average Bonchev–Trinajstić information content (AvgIpc) is 3.30. The van der Waals surface area contributed by atoms with E-state index in [1.54, 1.807) is 18.4 Å². The summed E-state index contributed by atoms with van der Waals surface area (Å²) in [5.74, 6) is 0.969. The summed E-state index contributed by atoms with van der Waals surface area (Å²) in [4.78, 5) is 1.01. The minimum Gasteiger partial charge on any atom is -0.497 e. The molecule has 4 rings (SSSR count). The van der Waals surface area contributed by atoms with Gasteiger partial charge in [-0.3, -0.25) is 5.10 Å². The molecule has 6 nitrogen and oxygen atoms in total. The minimum atomic E-state index is -0.301. The van der Waals surface area contributed by atoms with Gasteiger partial charge in [0.15, 0.2) is 0 Å². The lowest BCUT2D eigenvalue weighted by molar-refractivity contribution is 0.379. The highest BCUT2D eigenvalue weighted by Crippen LogP contribution is 2.46. The number of hydrogen-bond acceptors (Lipinski definition) is 6. The lowest BCUT2D eigenvalue weighted by Crippen LogP contribution is -2.20. The van der Waals surface area contributed by atoms with Crippen molar-refractivity contribution in [2.45, 2.75) is 5.92 Å². The van der Waals surface area contributed by atoms with E-state index in [1.165, 1.54) is 0 Å². The van der Waals surface area contributed by atoms with Crippen LogP contribution >= 0.6 is 11.3 Å². The Bertz CT molecular complexity index is 981. The lowest BCUT2D eigenvalue weighted by Gasteiger charge is -2.22. The molecule has 3 heterocycles. The molecular formula is C18H14N4O2S. The van der Waals surface area contributed by atoms with Gasteiger partial charge in [-0.15, -0.1) is 16.4 Å². The minimum absolute atomic E-state index is 0.0983. The molecule has 2 aromatic heterocycles.